The maximum atomic E-state index is 14.7. The lowest BCUT2D eigenvalue weighted by atomic mass is 9.99. The van der Waals surface area contributed by atoms with Crippen LogP contribution in [0, 0.1) is 11.8 Å². The van der Waals surface area contributed by atoms with Gasteiger partial charge < -0.3 is 84.6 Å². The Hall–Kier alpha value is -7.66. The maximum Gasteiger partial charge on any atom is 0.322 e. The second kappa shape index (κ2) is 37.8. The van der Waals surface area contributed by atoms with Gasteiger partial charge in [0.15, 0.2) is 0 Å². The number of nitrogens with zero attached hydrogens (tertiary/aromatic N) is 2. The van der Waals surface area contributed by atoms with Gasteiger partial charge in [0.25, 0.3) is 0 Å². The molecule has 3 heterocycles. The van der Waals surface area contributed by atoms with Gasteiger partial charge >= 0.3 is 11.9 Å². The van der Waals surface area contributed by atoms with Crippen molar-refractivity contribution >= 4 is 126 Å². The molecule has 0 unspecified atom stereocenters. The fourth-order valence-corrected chi connectivity index (χ4v) is 14.6. The van der Waals surface area contributed by atoms with Crippen molar-refractivity contribution in [2.24, 2.45) is 23.3 Å². The topological polar surface area (TPSA) is 458 Å². The van der Waals surface area contributed by atoms with E-state index >= 15 is 0 Å². The standard InChI is InChI=1S/C58H82N14O16S4/c1-31(2)47-57(87)71-19-11-17-41(71)55(85)67-37(49(79)61-25-45(75)76)27-89-92-30-40(64-44(74)24-60)54(84)66-36(22-34-15-9-6-10-16-34)52(82)70-48(32(3)4)58(88)72-20-12-18-42(72)56(86)68-38(50(80)62-26-46(77)78)28-90-91-29-39(63-43(73)23-59)53(83)65-35(51(81)69-47)21-33-13-7-5-8-14-33/h5-10,13-16,31-32,35-42,47-48H,11-12,17-30,59-60H2,1-4H3,(H,61,79)(H,62,80)(H,63,73)(H,64,74)(H,65,83)(H,66,84)(H,67,85)(H,68,86)(H,69,81)(H,70,82)(H,75,76)(H,77,78)/t35-,36-,37-,38-,39-,40-,41-,42-,47-,48-/m0/s1. The first-order chi connectivity index (χ1) is 43.8. The summed E-state index contributed by atoms with van der Waals surface area (Å²) >= 11 is 0. The molecule has 2 aromatic carbocycles. The Kier molecular flexibility index (Phi) is 30.8. The van der Waals surface area contributed by atoms with Gasteiger partial charge in [-0.05, 0) is 48.6 Å². The molecule has 0 bridgehead atoms. The summed E-state index contributed by atoms with van der Waals surface area (Å²) in [5.74, 6) is -14.7. The van der Waals surface area contributed by atoms with E-state index in [-0.39, 0.29) is 61.8 Å². The van der Waals surface area contributed by atoms with Gasteiger partial charge in [0.2, 0.25) is 70.9 Å². The first kappa shape index (κ1) is 75.1. The lowest BCUT2D eigenvalue weighted by Gasteiger charge is -2.32. The SMILES string of the molecule is CC(C)[C@@H]1NC(=O)[C@H](Cc2ccccc2)NC(=O)[C@@H](NC(=O)CN)CSSC[C@@H](C(=O)NCC(=O)O)NC(=O)[C@@H]2CCCN2C(=O)[C@H](C(C)C)NC(=O)[C@H](Cc2ccccc2)NC(=O)[C@@H](NC(=O)CN)CSSC[C@@H](C(=O)NCC(=O)O)NC(=O)[C@@H]2CCCN2C1=O. The Bertz CT molecular complexity index is 2760. The fourth-order valence-electron chi connectivity index (χ4n) is 9.97. The minimum Gasteiger partial charge on any atom is -0.480 e. The highest BCUT2D eigenvalue weighted by molar-refractivity contribution is 8.77. The summed E-state index contributed by atoms with van der Waals surface area (Å²) in [7, 11) is 3.81. The van der Waals surface area contributed by atoms with E-state index in [9.17, 15) is 77.3 Å². The molecule has 34 heteroatoms. The van der Waals surface area contributed by atoms with Crippen molar-refractivity contribution in [2.75, 3.05) is 62.3 Å². The zero-order valence-corrected chi connectivity index (χ0v) is 54.6. The van der Waals surface area contributed by atoms with E-state index < -0.39 is 181 Å². The zero-order chi connectivity index (χ0) is 67.6. The molecule has 0 saturated carbocycles. The Labute approximate surface area is 547 Å². The van der Waals surface area contributed by atoms with Gasteiger partial charge in [0.1, 0.15) is 73.5 Å². The highest BCUT2D eigenvalue weighted by atomic mass is 33.1. The number of nitrogens with one attached hydrogen (secondary N) is 10. The third-order valence-corrected chi connectivity index (χ3v) is 19.7. The number of amides is 12. The summed E-state index contributed by atoms with van der Waals surface area (Å²) in [6, 6.07) is 3.57. The van der Waals surface area contributed by atoms with E-state index in [2.05, 4.69) is 53.2 Å². The van der Waals surface area contributed by atoms with Crippen LogP contribution in [0.25, 0.3) is 0 Å². The number of rotatable bonds is 16. The lowest BCUT2D eigenvalue weighted by molar-refractivity contribution is -0.143. The van der Waals surface area contributed by atoms with E-state index in [0.29, 0.717) is 24.0 Å². The maximum absolute atomic E-state index is 14.7. The molecule has 0 radical (unpaired) electrons. The number of aliphatic carboxylic acids is 2. The van der Waals surface area contributed by atoms with E-state index in [0.717, 1.165) is 43.2 Å². The van der Waals surface area contributed by atoms with Gasteiger partial charge in [-0.15, -0.1) is 0 Å². The molecule has 504 valence electrons. The molecule has 0 spiro atoms. The van der Waals surface area contributed by atoms with Gasteiger partial charge in [-0.1, -0.05) is 132 Å². The summed E-state index contributed by atoms with van der Waals surface area (Å²) in [5, 5.41) is 44.7. The van der Waals surface area contributed by atoms with Crippen LogP contribution in [-0.2, 0) is 80.0 Å². The third-order valence-electron chi connectivity index (χ3n) is 14.8. The normalized spacial score (nSPS) is 25.0. The molecular formula is C58H82N14O16S4. The van der Waals surface area contributed by atoms with Gasteiger partial charge in [-0.3, -0.25) is 67.1 Å². The Morgan fingerprint density at radius 3 is 1.17 bits per heavy atom. The van der Waals surface area contributed by atoms with E-state index in [1.54, 1.807) is 88.4 Å². The predicted molar refractivity (Wildman–Crippen MR) is 344 cm³/mol. The number of hydrogen-bond acceptors (Lipinski definition) is 20. The van der Waals surface area contributed by atoms with Crippen LogP contribution in [0.4, 0.5) is 0 Å². The summed E-state index contributed by atoms with van der Waals surface area (Å²) in [6.45, 7) is 3.93. The Morgan fingerprint density at radius 1 is 0.500 bits per heavy atom. The van der Waals surface area contributed by atoms with Crippen molar-refractivity contribution in [3.63, 3.8) is 0 Å². The summed E-state index contributed by atoms with van der Waals surface area (Å²) < 4.78 is 0. The highest BCUT2D eigenvalue weighted by Gasteiger charge is 2.43. The van der Waals surface area contributed by atoms with Crippen LogP contribution in [0.3, 0.4) is 0 Å². The quantitative estimate of drug-likeness (QED) is 0.0734. The van der Waals surface area contributed by atoms with Gasteiger partial charge in [0.05, 0.1) is 13.1 Å². The molecule has 16 N–H and O–H groups in total. The molecule has 3 aliphatic rings. The van der Waals surface area contributed by atoms with E-state index in [4.69, 9.17) is 11.5 Å². The lowest BCUT2D eigenvalue weighted by Crippen LogP contribution is -2.61. The van der Waals surface area contributed by atoms with Crippen LogP contribution in [-0.4, -0.2) is 226 Å². The number of carbonyl (C=O) groups is 14. The van der Waals surface area contributed by atoms with E-state index in [1.807, 2.05) is 0 Å². The average Bonchev–Trinajstić information content (AvgIpc) is 1.68. The van der Waals surface area contributed by atoms with Crippen LogP contribution in [0.1, 0.15) is 64.5 Å². The average molecular weight is 1360 g/mol. The molecule has 0 aliphatic carbocycles. The molecule has 3 aliphatic heterocycles. The molecule has 92 heavy (non-hydrogen) atoms. The number of hydrogen-bond donors (Lipinski definition) is 14. The number of carbonyl (C=O) groups excluding carboxylic acids is 12. The molecule has 2 aromatic rings. The summed E-state index contributed by atoms with van der Waals surface area (Å²) in [6.07, 6.45) is 0.613. The number of benzene rings is 2. The first-order valence-corrected chi connectivity index (χ1v) is 34.8. The van der Waals surface area contributed by atoms with Crippen molar-refractivity contribution in [1.82, 2.24) is 63.0 Å². The van der Waals surface area contributed by atoms with Crippen molar-refractivity contribution < 1.29 is 77.3 Å². The summed E-state index contributed by atoms with van der Waals surface area (Å²) in [4.78, 5) is 195. The number of carboxylic acids is 2. The van der Waals surface area contributed by atoms with E-state index in [1.165, 1.54) is 9.80 Å². The van der Waals surface area contributed by atoms with Crippen molar-refractivity contribution in [1.29, 1.82) is 0 Å². The van der Waals surface area contributed by atoms with Crippen molar-refractivity contribution in [2.45, 2.75) is 127 Å². The number of fused-ring (bicyclic) bond motifs is 2. The Balaban J connectivity index is 1.55. The third kappa shape index (κ3) is 23.5. The summed E-state index contributed by atoms with van der Waals surface area (Å²) in [5.41, 5.74) is 12.5. The molecule has 0 aromatic heterocycles. The van der Waals surface area contributed by atoms with Crippen LogP contribution >= 0.6 is 43.2 Å². The van der Waals surface area contributed by atoms with Crippen LogP contribution in [0.2, 0.25) is 0 Å². The highest BCUT2D eigenvalue weighted by Crippen LogP contribution is 2.27. The van der Waals surface area contributed by atoms with Crippen LogP contribution in [0.5, 0.6) is 0 Å². The van der Waals surface area contributed by atoms with Gasteiger partial charge in [-0.2, -0.15) is 0 Å². The number of nitrogens with two attached hydrogens (primary N) is 2. The second-order valence-electron chi connectivity index (χ2n) is 22.5. The zero-order valence-electron chi connectivity index (χ0n) is 51.3. The first-order valence-electron chi connectivity index (χ1n) is 29.8. The molecule has 3 saturated heterocycles. The molecule has 30 nitrogen and oxygen atoms in total. The molecule has 3 fully saturated rings. The minimum absolute atomic E-state index is 0.0420. The van der Waals surface area contributed by atoms with Gasteiger partial charge in [0, 0.05) is 48.9 Å². The predicted octanol–water partition coefficient (Wildman–Crippen LogP) is -3.26. The molecule has 10 atom stereocenters. The van der Waals surface area contributed by atoms with Crippen molar-refractivity contribution in [3.8, 4) is 0 Å². The Morgan fingerprint density at radius 2 is 0.848 bits per heavy atom. The minimum atomic E-state index is -1.45. The van der Waals surface area contributed by atoms with Crippen LogP contribution < -0.4 is 64.6 Å². The fraction of sp³-hybridized carbons (Fsp3) is 0.552. The van der Waals surface area contributed by atoms with Gasteiger partial charge in [-0.25, -0.2) is 0 Å². The monoisotopic (exact) mass is 1360 g/mol. The second-order valence-corrected chi connectivity index (χ2v) is 27.6. The molecule has 12 amide bonds. The smallest absolute Gasteiger partial charge is 0.322 e. The van der Waals surface area contributed by atoms with Crippen molar-refractivity contribution in [3.05, 3.63) is 71.8 Å². The van der Waals surface area contributed by atoms with Crippen LogP contribution in [0.15, 0.2) is 60.7 Å². The largest absolute Gasteiger partial charge is 0.480 e. The molecule has 5 rings (SSSR count). The molecular weight excluding hydrogens is 1280 g/mol. The number of carboxylic acid groups (broad SMARTS) is 2.